The van der Waals surface area contributed by atoms with Gasteiger partial charge in [0.2, 0.25) is 0 Å². The van der Waals surface area contributed by atoms with Crippen molar-refractivity contribution in [3.05, 3.63) is 11.9 Å². The molecule has 6 nitrogen and oxygen atoms in total. The van der Waals surface area contributed by atoms with E-state index in [4.69, 9.17) is 9.47 Å². The molecular weight excluding hydrogens is 256 g/mol. The molecule has 6 heteroatoms. The molecule has 1 aromatic heterocycles. The lowest BCUT2D eigenvalue weighted by Crippen LogP contribution is -2.30. The number of hydrogen-bond acceptors (Lipinski definition) is 6. The minimum atomic E-state index is 0.674. The van der Waals surface area contributed by atoms with Crippen molar-refractivity contribution >= 4 is 11.6 Å². The van der Waals surface area contributed by atoms with Crippen LogP contribution in [0, 0.1) is 6.92 Å². The fraction of sp³-hybridized carbons (Fsp3) is 0.714. The van der Waals surface area contributed by atoms with Crippen LogP contribution in [-0.4, -0.2) is 57.0 Å². The fourth-order valence-electron chi connectivity index (χ4n) is 2.03. The maximum absolute atomic E-state index is 5.19. The largest absolute Gasteiger partial charge is 0.385 e. The molecule has 0 aromatic carbocycles. The average Bonchev–Trinajstić information content (AvgIpc) is 2.46. The van der Waals surface area contributed by atoms with Gasteiger partial charge in [0.15, 0.2) is 0 Å². The van der Waals surface area contributed by atoms with E-state index in [9.17, 15) is 0 Å². The van der Waals surface area contributed by atoms with Crippen molar-refractivity contribution in [1.29, 1.82) is 0 Å². The predicted octanol–water partition coefficient (Wildman–Crippen LogP) is 1.71. The molecule has 0 aliphatic heterocycles. The van der Waals surface area contributed by atoms with E-state index in [2.05, 4.69) is 27.1 Å². The first-order valence-electron chi connectivity index (χ1n) is 7.02. The molecule has 0 saturated heterocycles. The van der Waals surface area contributed by atoms with E-state index in [1.807, 2.05) is 6.92 Å². The number of nitrogens with one attached hydrogen (secondary N) is 1. The molecule has 0 unspecified atom stereocenters. The molecule has 0 aliphatic rings. The molecule has 1 N–H and O–H groups in total. The molecule has 0 spiro atoms. The van der Waals surface area contributed by atoms with Crippen LogP contribution in [0.1, 0.15) is 18.9 Å². The van der Waals surface area contributed by atoms with Gasteiger partial charge in [-0.1, -0.05) is 0 Å². The highest BCUT2D eigenvalue weighted by atomic mass is 16.5. The summed E-state index contributed by atoms with van der Waals surface area (Å²) < 4.78 is 10.3. The van der Waals surface area contributed by atoms with Gasteiger partial charge >= 0.3 is 0 Å². The summed E-state index contributed by atoms with van der Waals surface area (Å²) in [6.45, 7) is 8.07. The van der Waals surface area contributed by atoms with E-state index in [0.29, 0.717) is 6.61 Å². The van der Waals surface area contributed by atoms with Crippen molar-refractivity contribution in [2.45, 2.75) is 20.3 Å². The summed E-state index contributed by atoms with van der Waals surface area (Å²) in [5, 5.41) is 3.26. The maximum Gasteiger partial charge on any atom is 0.137 e. The van der Waals surface area contributed by atoms with Crippen molar-refractivity contribution in [3.63, 3.8) is 0 Å². The van der Waals surface area contributed by atoms with Crippen molar-refractivity contribution in [1.82, 2.24) is 9.97 Å². The molecule has 0 amide bonds. The first-order valence-corrected chi connectivity index (χ1v) is 7.02. The fourth-order valence-corrected chi connectivity index (χ4v) is 2.03. The van der Waals surface area contributed by atoms with Crippen molar-refractivity contribution < 1.29 is 9.47 Å². The number of rotatable bonds is 10. The van der Waals surface area contributed by atoms with Crippen LogP contribution in [0.25, 0.3) is 0 Å². The van der Waals surface area contributed by atoms with Crippen LogP contribution < -0.4 is 10.2 Å². The highest BCUT2D eigenvalue weighted by Gasteiger charge is 2.13. The summed E-state index contributed by atoms with van der Waals surface area (Å²) in [4.78, 5) is 10.9. The number of anilines is 2. The number of hydrogen-bond donors (Lipinski definition) is 1. The van der Waals surface area contributed by atoms with Crippen LogP contribution in [0.3, 0.4) is 0 Å². The lowest BCUT2D eigenvalue weighted by molar-refractivity contribution is 0.191. The Morgan fingerprint density at radius 3 is 2.55 bits per heavy atom. The standard InChI is InChI=1S/C14H26N4O2/c1-5-15-13-12(2)14(17-11-16-13)18(8-10-20-4)7-6-9-19-3/h11H,5-10H2,1-4H3,(H,15,16,17). The lowest BCUT2D eigenvalue weighted by atomic mass is 10.2. The second-order valence-corrected chi connectivity index (χ2v) is 4.53. The third-order valence-electron chi connectivity index (χ3n) is 3.04. The second kappa shape index (κ2) is 9.50. The quantitative estimate of drug-likeness (QED) is 0.659. The van der Waals surface area contributed by atoms with E-state index in [-0.39, 0.29) is 0 Å². The summed E-state index contributed by atoms with van der Waals surface area (Å²) in [5.41, 5.74) is 1.07. The Bertz CT molecular complexity index is 387. The Hall–Kier alpha value is -1.40. The topological polar surface area (TPSA) is 59.5 Å². The van der Waals surface area contributed by atoms with Gasteiger partial charge in [0.25, 0.3) is 0 Å². The minimum Gasteiger partial charge on any atom is -0.385 e. The Labute approximate surface area is 121 Å². The summed E-state index contributed by atoms with van der Waals surface area (Å²) in [7, 11) is 3.43. The third kappa shape index (κ3) is 4.94. The van der Waals surface area contributed by atoms with Gasteiger partial charge in [-0.15, -0.1) is 0 Å². The van der Waals surface area contributed by atoms with Gasteiger partial charge in [-0.3, -0.25) is 0 Å². The van der Waals surface area contributed by atoms with Crippen LogP contribution in [0.4, 0.5) is 11.6 Å². The van der Waals surface area contributed by atoms with Crippen LogP contribution in [0.15, 0.2) is 6.33 Å². The van der Waals surface area contributed by atoms with E-state index in [1.165, 1.54) is 0 Å². The van der Waals surface area contributed by atoms with Gasteiger partial charge in [-0.2, -0.15) is 0 Å². The Balaban J connectivity index is 2.84. The number of methoxy groups -OCH3 is 2. The van der Waals surface area contributed by atoms with Gasteiger partial charge in [0, 0.05) is 46.0 Å². The lowest BCUT2D eigenvalue weighted by Gasteiger charge is -2.25. The van der Waals surface area contributed by atoms with Crippen LogP contribution in [0.5, 0.6) is 0 Å². The molecule has 20 heavy (non-hydrogen) atoms. The van der Waals surface area contributed by atoms with Gasteiger partial charge in [0.05, 0.1) is 6.61 Å². The van der Waals surface area contributed by atoms with Crippen LogP contribution in [-0.2, 0) is 9.47 Å². The normalized spacial score (nSPS) is 10.6. The van der Waals surface area contributed by atoms with E-state index in [0.717, 1.165) is 49.9 Å². The summed E-state index contributed by atoms with van der Waals surface area (Å²) in [5.74, 6) is 1.86. The first-order chi connectivity index (χ1) is 9.74. The molecule has 1 heterocycles. The Morgan fingerprint density at radius 2 is 1.90 bits per heavy atom. The zero-order chi connectivity index (χ0) is 14.8. The van der Waals surface area contributed by atoms with Crippen molar-refractivity contribution in [2.75, 3.05) is 57.3 Å². The van der Waals surface area contributed by atoms with Crippen molar-refractivity contribution in [2.24, 2.45) is 0 Å². The van der Waals surface area contributed by atoms with Gasteiger partial charge in [-0.05, 0) is 20.3 Å². The number of aromatic nitrogens is 2. The summed E-state index contributed by atoms with van der Waals surface area (Å²) >= 11 is 0. The van der Waals surface area contributed by atoms with Gasteiger partial charge in [0.1, 0.15) is 18.0 Å². The second-order valence-electron chi connectivity index (χ2n) is 4.53. The molecule has 114 valence electrons. The van der Waals surface area contributed by atoms with Crippen LogP contribution >= 0.6 is 0 Å². The molecule has 0 radical (unpaired) electrons. The number of nitrogens with zero attached hydrogens (tertiary/aromatic N) is 3. The van der Waals surface area contributed by atoms with E-state index in [1.54, 1.807) is 20.5 Å². The molecule has 0 atom stereocenters. The first kappa shape index (κ1) is 16.7. The SMILES string of the molecule is CCNc1ncnc(N(CCCOC)CCOC)c1C. The zero-order valence-electron chi connectivity index (χ0n) is 13.0. The maximum atomic E-state index is 5.19. The summed E-state index contributed by atoms with van der Waals surface area (Å²) in [6, 6.07) is 0. The molecule has 0 aliphatic carbocycles. The molecule has 0 bridgehead atoms. The minimum absolute atomic E-state index is 0.674. The third-order valence-corrected chi connectivity index (χ3v) is 3.04. The zero-order valence-corrected chi connectivity index (χ0v) is 13.0. The number of ether oxygens (including phenoxy) is 2. The smallest absolute Gasteiger partial charge is 0.137 e. The highest BCUT2D eigenvalue weighted by Crippen LogP contribution is 2.22. The Morgan fingerprint density at radius 1 is 1.15 bits per heavy atom. The van der Waals surface area contributed by atoms with Crippen molar-refractivity contribution in [3.8, 4) is 0 Å². The molecule has 1 aromatic rings. The van der Waals surface area contributed by atoms with Crippen LogP contribution in [0.2, 0.25) is 0 Å². The van der Waals surface area contributed by atoms with E-state index >= 15 is 0 Å². The predicted molar refractivity (Wildman–Crippen MR) is 81.5 cm³/mol. The molecular formula is C14H26N4O2. The molecule has 1 rings (SSSR count). The Kier molecular flexibility index (Phi) is 7.91. The summed E-state index contributed by atoms with van der Waals surface area (Å²) in [6.07, 6.45) is 2.57. The van der Waals surface area contributed by atoms with E-state index < -0.39 is 0 Å². The average molecular weight is 282 g/mol. The molecule has 0 saturated carbocycles. The van der Waals surface area contributed by atoms with Gasteiger partial charge in [-0.25, -0.2) is 9.97 Å². The van der Waals surface area contributed by atoms with Gasteiger partial charge < -0.3 is 19.7 Å². The monoisotopic (exact) mass is 282 g/mol. The molecule has 0 fully saturated rings. The highest BCUT2D eigenvalue weighted by molar-refractivity contribution is 5.57.